The van der Waals surface area contributed by atoms with E-state index in [9.17, 15) is 35.4 Å². The lowest BCUT2D eigenvalue weighted by Gasteiger charge is -2.41. The highest BCUT2D eigenvalue weighted by atomic mass is 16.6. The van der Waals surface area contributed by atoms with Gasteiger partial charge in [0.1, 0.15) is 26.2 Å². The Morgan fingerprint density at radius 2 is 1.11 bits per heavy atom. The summed E-state index contributed by atoms with van der Waals surface area (Å²) >= 11 is 0. The van der Waals surface area contributed by atoms with Crippen LogP contribution >= 0.6 is 0 Å². The van der Waals surface area contributed by atoms with Crippen molar-refractivity contribution in [2.75, 3.05) is 66.6 Å². The number of morpholine rings is 1. The third kappa shape index (κ3) is 8.67. The molecule has 2 aliphatic heterocycles. The number of rotatable bonds is 6. The van der Waals surface area contributed by atoms with Crippen molar-refractivity contribution in [3.63, 3.8) is 0 Å². The first-order chi connectivity index (χ1) is 16.5. The number of nitro benzene ring substituents is 3. The molecule has 13 heteroatoms. The van der Waals surface area contributed by atoms with E-state index >= 15 is 0 Å². The minimum absolute atomic E-state index is 0.384. The Kier molecular flexibility index (Phi) is 10.3. The van der Waals surface area contributed by atoms with Crippen LogP contribution < -0.4 is 5.11 Å². The lowest BCUT2D eigenvalue weighted by Crippen LogP contribution is -2.58. The van der Waals surface area contributed by atoms with Crippen LogP contribution in [0.1, 0.15) is 38.5 Å². The van der Waals surface area contributed by atoms with Crippen LogP contribution in [-0.2, 0) is 4.74 Å². The molecule has 2 aliphatic rings. The molecule has 0 atom stereocenters. The van der Waals surface area contributed by atoms with E-state index in [-0.39, 0.29) is 0 Å². The first kappa shape index (κ1) is 28.3. The van der Waals surface area contributed by atoms with E-state index in [2.05, 4.69) is 14.1 Å². The fraction of sp³-hybridized carbons (Fsp3) is 0.727. The molecule has 2 fully saturated rings. The van der Waals surface area contributed by atoms with E-state index in [1.165, 1.54) is 86.8 Å². The van der Waals surface area contributed by atoms with Crippen LogP contribution in [0.3, 0.4) is 0 Å². The topological polar surface area (TPSA) is 162 Å². The summed E-state index contributed by atoms with van der Waals surface area (Å²) in [5, 5.41) is 42.1. The Balaban J connectivity index is 0.000000251. The zero-order valence-corrected chi connectivity index (χ0v) is 20.6. The first-order valence-corrected chi connectivity index (χ1v) is 12.0. The molecule has 0 bridgehead atoms. The van der Waals surface area contributed by atoms with Crippen molar-refractivity contribution in [1.82, 2.24) is 0 Å². The van der Waals surface area contributed by atoms with Gasteiger partial charge in [0.15, 0.2) is 0 Å². The van der Waals surface area contributed by atoms with Crippen LogP contribution in [0.15, 0.2) is 12.1 Å². The van der Waals surface area contributed by atoms with Crippen LogP contribution in [0.4, 0.5) is 17.1 Å². The van der Waals surface area contributed by atoms with E-state index in [0.29, 0.717) is 12.1 Å². The fourth-order valence-corrected chi connectivity index (χ4v) is 4.48. The molecule has 0 unspecified atom stereocenters. The van der Waals surface area contributed by atoms with Gasteiger partial charge in [0, 0.05) is 0 Å². The van der Waals surface area contributed by atoms with Crippen molar-refractivity contribution in [2.45, 2.75) is 38.5 Å². The number of non-ortho nitro benzene ring substituents is 1. The van der Waals surface area contributed by atoms with Crippen molar-refractivity contribution >= 4 is 17.1 Å². The Morgan fingerprint density at radius 3 is 1.51 bits per heavy atom. The Hall–Kier alpha value is -2.90. The molecule has 0 saturated carbocycles. The first-order valence-electron chi connectivity index (χ1n) is 12.0. The Bertz CT molecular complexity index is 859. The molecule has 2 saturated heterocycles. The van der Waals surface area contributed by atoms with E-state index in [1.807, 2.05) is 0 Å². The molecule has 0 N–H and O–H groups in total. The second kappa shape index (κ2) is 12.7. The summed E-state index contributed by atoms with van der Waals surface area (Å²) < 4.78 is 8.06. The van der Waals surface area contributed by atoms with Gasteiger partial charge in [-0.3, -0.25) is 30.3 Å². The van der Waals surface area contributed by atoms with Gasteiger partial charge in [-0.2, -0.15) is 0 Å². The Labute approximate surface area is 204 Å². The van der Waals surface area contributed by atoms with E-state index in [1.54, 1.807) is 0 Å². The smallest absolute Gasteiger partial charge is 0.283 e. The normalized spacial score (nSPS) is 19.7. The van der Waals surface area contributed by atoms with E-state index in [0.717, 1.165) is 13.2 Å². The number of quaternary nitrogens is 2. The number of nitrogens with zero attached hydrogens (tertiary/aromatic N) is 5. The molecule has 1 aromatic rings. The van der Waals surface area contributed by atoms with Gasteiger partial charge in [-0.1, -0.05) is 12.8 Å². The Morgan fingerprint density at radius 1 is 0.714 bits per heavy atom. The van der Waals surface area contributed by atoms with Gasteiger partial charge < -0.3 is 18.8 Å². The number of nitro groups is 3. The average molecular weight is 499 g/mol. The average Bonchev–Trinajstić information content (AvgIpc) is 2.91. The van der Waals surface area contributed by atoms with E-state index in [4.69, 9.17) is 4.74 Å². The lowest BCUT2D eigenvalue weighted by molar-refractivity contribution is -0.967. The quantitative estimate of drug-likeness (QED) is 0.328. The van der Waals surface area contributed by atoms with Crippen molar-refractivity contribution in [1.29, 1.82) is 0 Å². The highest BCUT2D eigenvalue weighted by Gasteiger charge is 2.30. The predicted molar refractivity (Wildman–Crippen MR) is 126 cm³/mol. The largest absolute Gasteiger partial charge is 0.863 e. The van der Waals surface area contributed by atoms with Crippen molar-refractivity contribution < 1.29 is 33.6 Å². The second-order valence-electron chi connectivity index (χ2n) is 9.90. The molecule has 0 aromatic heterocycles. The number of hydrogen-bond donors (Lipinski definition) is 0. The van der Waals surface area contributed by atoms with Crippen LogP contribution in [0.25, 0.3) is 0 Å². The van der Waals surface area contributed by atoms with E-state index < -0.39 is 37.6 Å². The minimum Gasteiger partial charge on any atom is -0.863 e. The summed E-state index contributed by atoms with van der Waals surface area (Å²) in [4.78, 5) is 27.5. The van der Waals surface area contributed by atoms with Crippen molar-refractivity contribution in [3.05, 3.63) is 42.5 Å². The van der Waals surface area contributed by atoms with Crippen LogP contribution in [-0.4, -0.2) is 90.3 Å². The molecule has 0 spiro atoms. The number of hydrogen-bond acceptors (Lipinski definition) is 8. The zero-order valence-electron chi connectivity index (χ0n) is 20.6. The molecule has 3 rings (SSSR count). The van der Waals surface area contributed by atoms with Gasteiger partial charge >= 0.3 is 0 Å². The maximum absolute atomic E-state index is 11.1. The molecular weight excluding hydrogens is 462 g/mol. The van der Waals surface area contributed by atoms with Crippen molar-refractivity contribution in [3.8, 4) is 5.75 Å². The summed E-state index contributed by atoms with van der Waals surface area (Å²) in [6.07, 6.45) is 8.70. The van der Waals surface area contributed by atoms with Gasteiger partial charge in [-0.15, -0.1) is 0 Å². The summed E-state index contributed by atoms with van der Waals surface area (Å²) in [5.74, 6) is -1.46. The fourth-order valence-electron chi connectivity index (χ4n) is 4.48. The van der Waals surface area contributed by atoms with Gasteiger partial charge in [0.05, 0.1) is 73.1 Å². The molecule has 0 radical (unpaired) electrons. The number of likely N-dealkylation sites (N-methyl/N-ethyl adjacent to an activating group) is 2. The second-order valence-corrected chi connectivity index (χ2v) is 9.90. The molecule has 0 aliphatic carbocycles. The third-order valence-corrected chi connectivity index (χ3v) is 7.02. The summed E-state index contributed by atoms with van der Waals surface area (Å²) in [6.45, 7) is 9.82. The molecule has 35 heavy (non-hydrogen) atoms. The van der Waals surface area contributed by atoms with Crippen molar-refractivity contribution in [2.24, 2.45) is 0 Å². The monoisotopic (exact) mass is 498 g/mol. The lowest BCUT2D eigenvalue weighted by atomic mass is 10.1. The standard InChI is InChI=1S/C16H34N2O.C6H3N3O7/c1-17(9-7-5-3-4-6-8-10-17)11-12-18(2)13-15-19-16-14-18;10-6-4(8(13)14)1-3(7(11)12)2-5(6)9(15)16/h3-16H2,1-2H3;1-2,10H/q+2;/p-1. The molecule has 2 heterocycles. The van der Waals surface area contributed by atoms with Gasteiger partial charge in [-0.05, 0) is 25.7 Å². The van der Waals surface area contributed by atoms with Crippen LogP contribution in [0, 0.1) is 30.3 Å². The summed E-state index contributed by atoms with van der Waals surface area (Å²) in [6, 6.07) is 0.769. The van der Waals surface area contributed by atoms with Gasteiger partial charge in [0.2, 0.25) is 0 Å². The number of benzene rings is 1. The number of ether oxygens (including phenoxy) is 1. The van der Waals surface area contributed by atoms with Crippen LogP contribution in [0.2, 0.25) is 0 Å². The third-order valence-electron chi connectivity index (χ3n) is 7.02. The van der Waals surface area contributed by atoms with Crippen LogP contribution in [0.5, 0.6) is 5.75 Å². The molecule has 1 aromatic carbocycles. The highest BCUT2D eigenvalue weighted by molar-refractivity contribution is 5.63. The zero-order chi connectivity index (χ0) is 26.1. The predicted octanol–water partition coefficient (Wildman–Crippen LogP) is 2.75. The van der Waals surface area contributed by atoms with Gasteiger partial charge in [0.25, 0.3) is 17.1 Å². The molecule has 13 nitrogen and oxygen atoms in total. The molecule has 0 amide bonds. The van der Waals surface area contributed by atoms with Gasteiger partial charge in [-0.25, -0.2) is 0 Å². The maximum atomic E-state index is 11.1. The summed E-state index contributed by atoms with van der Waals surface area (Å²) in [7, 11) is 4.92. The molecule has 196 valence electrons. The maximum Gasteiger partial charge on any atom is 0.283 e. The SMILES string of the molecule is C[N+]1(CC[N+]2(C)CCOCC2)CCCCCCCC1.O=[N+]([O-])c1cc([N+](=O)[O-])c([O-])c([N+](=O)[O-])c1. The highest BCUT2D eigenvalue weighted by Crippen LogP contribution is 2.36. The molecular formula is C22H36N5O8+. The minimum atomic E-state index is -1.46. The summed E-state index contributed by atoms with van der Waals surface area (Å²) in [5.41, 5.74) is -3.26.